The lowest BCUT2D eigenvalue weighted by Crippen LogP contribution is -2.21. The van der Waals surface area contributed by atoms with Gasteiger partial charge in [0.05, 0.1) is 0 Å². The Morgan fingerprint density at radius 2 is 0.947 bits per heavy atom. The molecular weight excluding hydrogens is 690 g/mol. The Morgan fingerprint density at radius 1 is 0.526 bits per heavy atom. The van der Waals surface area contributed by atoms with Gasteiger partial charge in [-0.2, -0.15) is 0 Å². The first-order valence-corrected chi connectivity index (χ1v) is 16.5. The third-order valence-electron chi connectivity index (χ3n) is 7.69. The summed E-state index contributed by atoms with van der Waals surface area (Å²) in [4.78, 5) is 5.00. The molecule has 0 fully saturated rings. The molecule has 0 unspecified atom stereocenters. The Morgan fingerprint density at radius 3 is 1.34 bits per heavy atom. The maximum atomic E-state index is 2.50. The fourth-order valence-corrected chi connectivity index (χ4v) is 6.56. The average molecular weight is 733 g/mol. The maximum Gasteiger partial charge on any atom is 0.0450 e. The van der Waals surface area contributed by atoms with Gasteiger partial charge in [-0.15, -0.1) is 0 Å². The van der Waals surface area contributed by atoms with Gasteiger partial charge in [0.15, 0.2) is 0 Å². The van der Waals surface area contributed by atoms with Gasteiger partial charge in [-0.3, -0.25) is 0 Å². The Kier molecular flexibility index (Phi) is 11.0. The third kappa shape index (κ3) is 6.96. The van der Waals surface area contributed by atoms with E-state index in [4.69, 9.17) is 0 Å². The highest BCUT2D eigenvalue weighted by Crippen LogP contribution is 2.46. The average Bonchev–Trinajstić information content (AvgIpc) is 2.91. The number of halogens is 2. The molecule has 0 amide bonds. The quantitative estimate of drug-likeness (QED) is 0.0998. The largest absolute Gasteiger partial charge is 0.374 e. The van der Waals surface area contributed by atoms with Crippen LogP contribution >= 0.6 is 45.2 Å². The normalized spacial score (nSPS) is 11.4. The zero-order chi connectivity index (χ0) is 27.1. The summed E-state index contributed by atoms with van der Waals surface area (Å²) >= 11 is 4.88. The molecule has 0 saturated heterocycles. The van der Waals surface area contributed by atoms with Crippen molar-refractivity contribution in [3.05, 3.63) is 67.8 Å². The molecular formula is C34H42I2N2. The third-order valence-corrected chi connectivity index (χ3v) is 9.03. The predicted octanol–water partition coefficient (Wildman–Crippen LogP) is 10.9. The van der Waals surface area contributed by atoms with E-state index >= 15 is 0 Å². The van der Waals surface area contributed by atoms with Crippen molar-refractivity contribution in [1.82, 2.24) is 0 Å². The van der Waals surface area contributed by atoms with Crippen molar-refractivity contribution >= 4 is 78.1 Å². The molecule has 0 saturated carbocycles. The zero-order valence-corrected chi connectivity index (χ0v) is 27.8. The molecule has 0 aliphatic carbocycles. The number of benzene rings is 4. The predicted molar refractivity (Wildman–Crippen MR) is 187 cm³/mol. The Hall–Kier alpha value is -1.54. The lowest BCUT2D eigenvalue weighted by Gasteiger charge is -2.29. The van der Waals surface area contributed by atoms with E-state index < -0.39 is 0 Å². The molecule has 0 N–H and O–H groups in total. The minimum absolute atomic E-state index is 1.08. The second-order valence-electron chi connectivity index (χ2n) is 10.6. The van der Waals surface area contributed by atoms with Gasteiger partial charge >= 0.3 is 0 Å². The smallest absolute Gasteiger partial charge is 0.0450 e. The number of unbranched alkanes of at least 4 members (excludes halogenated alkanes) is 6. The first-order chi connectivity index (χ1) is 18.4. The number of nitrogens with zero attached hydrogens (tertiary/aromatic N) is 2. The van der Waals surface area contributed by atoms with Crippen LogP contribution < -0.4 is 9.80 Å². The van der Waals surface area contributed by atoms with E-state index in [2.05, 4.69) is 144 Å². The molecule has 4 aromatic rings. The van der Waals surface area contributed by atoms with Crippen molar-refractivity contribution in [3.8, 4) is 11.1 Å². The van der Waals surface area contributed by atoms with Crippen LogP contribution in [0.1, 0.15) is 65.2 Å². The SMILES string of the molecule is CCCCCCN(C)c1ccc2cc(I)ccc2c1-c1c(N(C)CCCCCC)ccc2cc(I)ccc12. The van der Waals surface area contributed by atoms with Crippen molar-refractivity contribution in [1.29, 1.82) is 0 Å². The van der Waals surface area contributed by atoms with Crippen LogP contribution in [0.2, 0.25) is 0 Å². The Labute approximate surface area is 257 Å². The van der Waals surface area contributed by atoms with E-state index in [1.165, 1.54) is 103 Å². The molecule has 38 heavy (non-hydrogen) atoms. The van der Waals surface area contributed by atoms with E-state index in [0.717, 1.165) is 13.1 Å². The summed E-state index contributed by atoms with van der Waals surface area (Å²) in [6.45, 7) is 6.73. The molecule has 0 atom stereocenters. The molecule has 4 heteroatoms. The summed E-state index contributed by atoms with van der Waals surface area (Å²) in [5.74, 6) is 0. The van der Waals surface area contributed by atoms with Crippen molar-refractivity contribution < 1.29 is 0 Å². The van der Waals surface area contributed by atoms with Crippen molar-refractivity contribution in [2.24, 2.45) is 0 Å². The number of hydrogen-bond donors (Lipinski definition) is 0. The number of anilines is 2. The number of fused-ring (bicyclic) bond motifs is 2. The van der Waals surface area contributed by atoms with Gasteiger partial charge in [0.1, 0.15) is 0 Å². The lowest BCUT2D eigenvalue weighted by atomic mass is 9.90. The highest BCUT2D eigenvalue weighted by Gasteiger charge is 2.21. The Bertz CT molecular complexity index is 1260. The second-order valence-corrected chi connectivity index (χ2v) is 13.1. The van der Waals surface area contributed by atoms with Gasteiger partial charge in [0, 0.05) is 56.8 Å². The first kappa shape index (κ1) is 29.4. The minimum Gasteiger partial charge on any atom is -0.374 e. The fourth-order valence-electron chi connectivity index (χ4n) is 5.53. The molecule has 0 heterocycles. The Balaban J connectivity index is 1.93. The van der Waals surface area contributed by atoms with Crippen LogP contribution in [0.5, 0.6) is 0 Å². The molecule has 0 aromatic heterocycles. The lowest BCUT2D eigenvalue weighted by molar-refractivity contribution is 0.661. The topological polar surface area (TPSA) is 6.48 Å². The molecule has 4 aromatic carbocycles. The summed E-state index contributed by atoms with van der Waals surface area (Å²) < 4.78 is 2.56. The van der Waals surface area contributed by atoms with Crippen LogP contribution in [0, 0.1) is 7.14 Å². The van der Waals surface area contributed by atoms with E-state index in [0.29, 0.717) is 0 Å². The van der Waals surface area contributed by atoms with Crippen LogP contribution in [-0.4, -0.2) is 27.2 Å². The second kappa shape index (κ2) is 14.2. The monoisotopic (exact) mass is 732 g/mol. The molecule has 202 valence electrons. The molecule has 0 aliphatic rings. The summed E-state index contributed by atoms with van der Waals surface area (Å²) in [6.07, 6.45) is 10.2. The molecule has 2 nitrogen and oxygen atoms in total. The van der Waals surface area contributed by atoms with Gasteiger partial charge < -0.3 is 9.80 Å². The highest BCUT2D eigenvalue weighted by molar-refractivity contribution is 14.1. The molecule has 4 rings (SSSR count). The van der Waals surface area contributed by atoms with Crippen LogP contribution in [-0.2, 0) is 0 Å². The standard InChI is InChI=1S/C34H42I2N2/c1-5-7-9-11-21-37(3)31-19-13-25-23-27(35)15-17-29(25)33(31)34-30-18-16-28(36)24-26(30)14-20-32(34)38(4)22-12-10-8-6-2/h13-20,23-24H,5-12,21-22H2,1-4H3. The van der Waals surface area contributed by atoms with Gasteiger partial charge in [-0.05, 0) is 116 Å². The van der Waals surface area contributed by atoms with Crippen LogP contribution in [0.3, 0.4) is 0 Å². The summed E-state index contributed by atoms with van der Waals surface area (Å²) in [6, 6.07) is 23.2. The minimum atomic E-state index is 1.08. The molecule has 0 bridgehead atoms. The van der Waals surface area contributed by atoms with E-state index in [9.17, 15) is 0 Å². The first-order valence-electron chi connectivity index (χ1n) is 14.3. The molecule has 0 spiro atoms. The molecule has 0 aliphatic heterocycles. The summed E-state index contributed by atoms with van der Waals surface area (Å²) in [5.41, 5.74) is 5.42. The zero-order valence-electron chi connectivity index (χ0n) is 23.5. The van der Waals surface area contributed by atoms with Crippen molar-refractivity contribution in [3.63, 3.8) is 0 Å². The molecule has 0 radical (unpaired) electrons. The van der Waals surface area contributed by atoms with Gasteiger partial charge in [-0.1, -0.05) is 76.6 Å². The van der Waals surface area contributed by atoms with Crippen LogP contribution in [0.15, 0.2) is 60.7 Å². The van der Waals surface area contributed by atoms with Gasteiger partial charge in [0.2, 0.25) is 0 Å². The fraction of sp³-hybridized carbons (Fsp3) is 0.412. The van der Waals surface area contributed by atoms with Gasteiger partial charge in [0.25, 0.3) is 0 Å². The number of hydrogen-bond acceptors (Lipinski definition) is 2. The highest BCUT2D eigenvalue weighted by atomic mass is 127. The number of rotatable bonds is 13. The maximum absolute atomic E-state index is 2.50. The van der Waals surface area contributed by atoms with Crippen LogP contribution in [0.25, 0.3) is 32.7 Å². The van der Waals surface area contributed by atoms with E-state index in [1.807, 2.05) is 0 Å². The summed E-state index contributed by atoms with van der Waals surface area (Å²) in [5, 5.41) is 5.31. The van der Waals surface area contributed by atoms with E-state index in [-0.39, 0.29) is 0 Å². The summed E-state index contributed by atoms with van der Waals surface area (Å²) in [7, 11) is 4.57. The van der Waals surface area contributed by atoms with E-state index in [1.54, 1.807) is 0 Å². The van der Waals surface area contributed by atoms with Crippen LogP contribution in [0.4, 0.5) is 11.4 Å². The van der Waals surface area contributed by atoms with Crippen molar-refractivity contribution in [2.75, 3.05) is 37.0 Å². The van der Waals surface area contributed by atoms with Crippen molar-refractivity contribution in [2.45, 2.75) is 65.2 Å². The van der Waals surface area contributed by atoms with Gasteiger partial charge in [-0.25, -0.2) is 0 Å².